The molecule has 1 unspecified atom stereocenters. The zero-order valence-corrected chi connectivity index (χ0v) is 11.6. The molecule has 0 bridgehead atoms. The summed E-state index contributed by atoms with van der Waals surface area (Å²) < 4.78 is 0.796. The van der Waals surface area contributed by atoms with Crippen LogP contribution in [0.2, 0.25) is 4.34 Å². The van der Waals surface area contributed by atoms with Crippen molar-refractivity contribution >= 4 is 22.9 Å². The number of thiophene rings is 1. The second-order valence-electron chi connectivity index (χ2n) is 5.05. The lowest BCUT2D eigenvalue weighted by molar-refractivity contribution is 0.0275. The quantitative estimate of drug-likeness (QED) is 0.884. The molecule has 1 nitrogen and oxygen atoms in total. The summed E-state index contributed by atoms with van der Waals surface area (Å²) in [4.78, 5) is 1.17. The topological polar surface area (TPSA) is 20.2 Å². The Hall–Kier alpha value is -0.830. The smallest absolute Gasteiger partial charge is 0.0931 e. The highest BCUT2D eigenvalue weighted by molar-refractivity contribution is 7.16. The Morgan fingerprint density at radius 2 is 1.94 bits per heavy atom. The van der Waals surface area contributed by atoms with Gasteiger partial charge in [-0.2, -0.15) is 0 Å². The highest BCUT2D eigenvalue weighted by Gasteiger charge is 2.32. The third-order valence-electron chi connectivity index (χ3n) is 3.63. The Morgan fingerprint density at radius 3 is 2.67 bits per heavy atom. The van der Waals surface area contributed by atoms with E-state index in [0.29, 0.717) is 6.42 Å². The third-order valence-corrected chi connectivity index (χ3v) is 4.86. The van der Waals surface area contributed by atoms with E-state index >= 15 is 0 Å². The molecule has 0 fully saturated rings. The molecule has 0 saturated heterocycles. The summed E-state index contributed by atoms with van der Waals surface area (Å²) in [5.41, 5.74) is 2.06. The summed E-state index contributed by atoms with van der Waals surface area (Å²) in [6.45, 7) is 0. The van der Waals surface area contributed by atoms with Crippen LogP contribution >= 0.6 is 22.9 Å². The molecule has 94 valence electrons. The lowest BCUT2D eigenvalue weighted by atomic mass is 9.78. The fourth-order valence-corrected chi connectivity index (χ4v) is 3.93. The number of hydrogen-bond donors (Lipinski definition) is 1. The number of halogens is 1. The van der Waals surface area contributed by atoms with Crippen LogP contribution in [0.15, 0.2) is 36.4 Å². The van der Waals surface area contributed by atoms with Crippen LogP contribution in [0.5, 0.6) is 0 Å². The first-order valence-electron chi connectivity index (χ1n) is 6.18. The predicted molar refractivity (Wildman–Crippen MR) is 76.4 cm³/mol. The molecule has 1 atom stereocenters. The molecule has 18 heavy (non-hydrogen) atoms. The minimum atomic E-state index is -0.609. The summed E-state index contributed by atoms with van der Waals surface area (Å²) in [7, 11) is 0. The molecule has 0 radical (unpaired) electrons. The van der Waals surface area contributed by atoms with Crippen molar-refractivity contribution < 1.29 is 5.11 Å². The normalized spacial score (nSPS) is 22.8. The van der Waals surface area contributed by atoms with E-state index in [1.165, 1.54) is 16.0 Å². The fraction of sp³-hybridized carbons (Fsp3) is 0.333. The molecule has 2 aromatic rings. The van der Waals surface area contributed by atoms with E-state index in [4.69, 9.17) is 11.6 Å². The van der Waals surface area contributed by atoms with Gasteiger partial charge >= 0.3 is 0 Å². The summed E-state index contributed by atoms with van der Waals surface area (Å²) in [6.07, 6.45) is 3.25. The van der Waals surface area contributed by atoms with Gasteiger partial charge in [-0.25, -0.2) is 0 Å². The number of aryl methyl sites for hydroxylation is 1. The molecule has 0 amide bonds. The molecule has 3 heteroatoms. The van der Waals surface area contributed by atoms with Crippen LogP contribution in [0, 0.1) is 0 Å². The highest BCUT2D eigenvalue weighted by Crippen LogP contribution is 2.33. The Bertz CT molecular complexity index is 563. The first-order chi connectivity index (χ1) is 8.65. The first kappa shape index (κ1) is 12.2. The van der Waals surface area contributed by atoms with Gasteiger partial charge in [-0.15, -0.1) is 11.3 Å². The molecular weight excluding hydrogens is 264 g/mol. The van der Waals surface area contributed by atoms with Crippen LogP contribution in [0.1, 0.15) is 22.4 Å². The summed E-state index contributed by atoms with van der Waals surface area (Å²) in [5.74, 6) is 0. The van der Waals surface area contributed by atoms with Crippen molar-refractivity contribution in [3.05, 3.63) is 56.7 Å². The van der Waals surface area contributed by atoms with Crippen molar-refractivity contribution in [2.24, 2.45) is 0 Å². The second-order valence-corrected chi connectivity index (χ2v) is 6.85. The van der Waals surface area contributed by atoms with Crippen LogP contribution in [-0.2, 0) is 19.3 Å². The first-order valence-corrected chi connectivity index (χ1v) is 7.37. The second kappa shape index (κ2) is 4.69. The zero-order chi connectivity index (χ0) is 12.6. The average Bonchev–Trinajstić information content (AvgIpc) is 2.74. The van der Waals surface area contributed by atoms with Gasteiger partial charge in [-0.3, -0.25) is 0 Å². The number of aliphatic hydroxyl groups is 1. The van der Waals surface area contributed by atoms with Gasteiger partial charge in [-0.1, -0.05) is 35.9 Å². The van der Waals surface area contributed by atoms with Crippen molar-refractivity contribution in [1.29, 1.82) is 0 Å². The van der Waals surface area contributed by atoms with E-state index in [2.05, 4.69) is 18.2 Å². The summed E-state index contributed by atoms with van der Waals surface area (Å²) >= 11 is 7.51. The van der Waals surface area contributed by atoms with Gasteiger partial charge in [0, 0.05) is 17.7 Å². The maximum Gasteiger partial charge on any atom is 0.0931 e. The van der Waals surface area contributed by atoms with Gasteiger partial charge < -0.3 is 5.11 Å². The zero-order valence-electron chi connectivity index (χ0n) is 10.0. The van der Waals surface area contributed by atoms with E-state index in [-0.39, 0.29) is 0 Å². The van der Waals surface area contributed by atoms with Crippen LogP contribution in [0.25, 0.3) is 0 Å². The number of rotatable bonds is 2. The Morgan fingerprint density at radius 1 is 1.17 bits per heavy atom. The van der Waals surface area contributed by atoms with Gasteiger partial charge in [0.1, 0.15) is 0 Å². The largest absolute Gasteiger partial charge is 0.389 e. The maximum absolute atomic E-state index is 10.7. The van der Waals surface area contributed by atoms with E-state index in [0.717, 1.165) is 23.6 Å². The highest BCUT2D eigenvalue weighted by atomic mass is 35.5. The number of fused-ring (bicyclic) bond motifs is 1. The standard InChI is InChI=1S/C15H15ClOS/c16-14-6-5-13(18-14)10-15(17)8-7-11-3-1-2-4-12(11)9-15/h1-6,17H,7-10H2. The van der Waals surface area contributed by atoms with E-state index < -0.39 is 5.60 Å². The molecule has 1 N–H and O–H groups in total. The summed E-state index contributed by atoms with van der Waals surface area (Å²) in [6, 6.07) is 12.3. The molecule has 1 heterocycles. The van der Waals surface area contributed by atoms with Crippen molar-refractivity contribution in [3.63, 3.8) is 0 Å². The maximum atomic E-state index is 10.7. The average molecular weight is 279 g/mol. The van der Waals surface area contributed by atoms with Crippen molar-refractivity contribution in [2.45, 2.75) is 31.3 Å². The fourth-order valence-electron chi connectivity index (χ4n) is 2.71. The van der Waals surface area contributed by atoms with Crippen LogP contribution in [0.4, 0.5) is 0 Å². The summed E-state index contributed by atoms with van der Waals surface area (Å²) in [5, 5.41) is 10.7. The molecule has 0 saturated carbocycles. The molecule has 1 aliphatic rings. The molecular formula is C15H15ClOS. The predicted octanol–water partition coefficient (Wildman–Crippen LogP) is 3.86. The van der Waals surface area contributed by atoms with E-state index in [9.17, 15) is 5.11 Å². The molecule has 0 aliphatic heterocycles. The monoisotopic (exact) mass is 278 g/mol. The molecule has 3 rings (SSSR count). The van der Waals surface area contributed by atoms with Gasteiger partial charge in [0.05, 0.1) is 9.94 Å². The van der Waals surface area contributed by atoms with Crippen molar-refractivity contribution in [2.75, 3.05) is 0 Å². The van der Waals surface area contributed by atoms with Crippen LogP contribution in [-0.4, -0.2) is 10.7 Å². The Balaban J connectivity index is 1.81. The Labute approximate surface area is 116 Å². The Kier molecular flexibility index (Phi) is 3.18. The minimum absolute atomic E-state index is 0.609. The molecule has 1 aromatic carbocycles. The molecule has 0 spiro atoms. The van der Waals surface area contributed by atoms with Crippen molar-refractivity contribution in [3.8, 4) is 0 Å². The van der Waals surface area contributed by atoms with Crippen LogP contribution in [0.3, 0.4) is 0 Å². The van der Waals surface area contributed by atoms with Crippen molar-refractivity contribution in [1.82, 2.24) is 0 Å². The van der Waals surface area contributed by atoms with Crippen LogP contribution < -0.4 is 0 Å². The van der Waals surface area contributed by atoms with Gasteiger partial charge in [0.15, 0.2) is 0 Å². The SMILES string of the molecule is OC1(Cc2ccc(Cl)s2)CCc2ccccc2C1. The van der Waals surface area contributed by atoms with Gasteiger partial charge in [0.2, 0.25) is 0 Å². The number of hydrogen-bond acceptors (Lipinski definition) is 2. The van der Waals surface area contributed by atoms with Gasteiger partial charge in [0.25, 0.3) is 0 Å². The van der Waals surface area contributed by atoms with E-state index in [1.807, 2.05) is 18.2 Å². The number of benzene rings is 1. The van der Waals surface area contributed by atoms with Gasteiger partial charge in [-0.05, 0) is 36.1 Å². The molecule has 1 aliphatic carbocycles. The minimum Gasteiger partial charge on any atom is -0.389 e. The third kappa shape index (κ3) is 2.46. The van der Waals surface area contributed by atoms with E-state index in [1.54, 1.807) is 11.3 Å². The lowest BCUT2D eigenvalue weighted by Crippen LogP contribution is -2.37. The lowest BCUT2D eigenvalue weighted by Gasteiger charge is -2.33. The molecule has 1 aromatic heterocycles.